The monoisotopic (exact) mass is 356 g/mol. The molecule has 0 bridgehead atoms. The first-order chi connectivity index (χ1) is 12.2. The van der Waals surface area contributed by atoms with E-state index < -0.39 is 5.82 Å². The molecule has 5 heteroatoms. The molecule has 0 heterocycles. The molecule has 1 N–H and O–H groups in total. The zero-order valence-corrected chi connectivity index (χ0v) is 15.7. The number of hydrogen-bond donors (Lipinski definition) is 1. The Morgan fingerprint density at radius 2 is 1.73 bits per heavy atom. The lowest BCUT2D eigenvalue weighted by Gasteiger charge is -2.21. The van der Waals surface area contributed by atoms with Gasteiger partial charge < -0.3 is 10.2 Å². The van der Waals surface area contributed by atoms with Crippen molar-refractivity contribution in [3.05, 3.63) is 65.5 Å². The minimum absolute atomic E-state index is 0.0297. The minimum atomic E-state index is -0.406. The van der Waals surface area contributed by atoms with E-state index in [-0.39, 0.29) is 30.3 Å². The second-order valence-corrected chi connectivity index (χ2v) is 7.23. The van der Waals surface area contributed by atoms with Crippen LogP contribution in [-0.4, -0.2) is 24.9 Å². The van der Waals surface area contributed by atoms with Gasteiger partial charge in [0.2, 0.25) is 5.91 Å². The first kappa shape index (κ1) is 19.6. The number of anilines is 1. The summed E-state index contributed by atoms with van der Waals surface area (Å²) < 4.78 is 13.4. The van der Waals surface area contributed by atoms with Crippen molar-refractivity contribution in [3.63, 3.8) is 0 Å². The maximum Gasteiger partial charge on any atom is 0.251 e. The molecule has 0 aromatic heterocycles. The van der Waals surface area contributed by atoms with E-state index in [0.717, 1.165) is 5.56 Å². The highest BCUT2D eigenvalue weighted by atomic mass is 19.1. The number of carbonyl (C=O) groups is 2. The Labute approximate surface area is 154 Å². The van der Waals surface area contributed by atoms with Gasteiger partial charge in [-0.05, 0) is 41.3 Å². The number of nitrogens with one attached hydrogen (secondary N) is 1. The molecule has 0 radical (unpaired) electrons. The van der Waals surface area contributed by atoms with E-state index in [4.69, 9.17) is 0 Å². The lowest BCUT2D eigenvalue weighted by Crippen LogP contribution is -2.37. The number of hydrogen-bond acceptors (Lipinski definition) is 2. The van der Waals surface area contributed by atoms with Gasteiger partial charge in [0.15, 0.2) is 0 Å². The molecule has 0 spiro atoms. The molecule has 26 heavy (non-hydrogen) atoms. The van der Waals surface area contributed by atoms with Gasteiger partial charge in [0.05, 0.1) is 0 Å². The van der Waals surface area contributed by atoms with E-state index in [1.165, 1.54) is 24.0 Å². The smallest absolute Gasteiger partial charge is 0.251 e. The summed E-state index contributed by atoms with van der Waals surface area (Å²) in [5.41, 5.74) is 2.23. The molecule has 4 nitrogen and oxygen atoms in total. The number of benzene rings is 2. The summed E-state index contributed by atoms with van der Waals surface area (Å²) in [6, 6.07) is 13.3. The molecule has 138 valence electrons. The highest BCUT2D eigenvalue weighted by Gasteiger charge is 2.15. The molecule has 0 unspecified atom stereocenters. The third-order valence-electron chi connectivity index (χ3n) is 4.13. The molecular formula is C21H25FN2O2. The molecule has 2 amide bonds. The van der Waals surface area contributed by atoms with E-state index in [2.05, 4.69) is 26.1 Å². The Morgan fingerprint density at radius 3 is 2.27 bits per heavy atom. The summed E-state index contributed by atoms with van der Waals surface area (Å²) >= 11 is 0. The van der Waals surface area contributed by atoms with Crippen LogP contribution in [-0.2, 0) is 10.2 Å². The van der Waals surface area contributed by atoms with Gasteiger partial charge in [-0.15, -0.1) is 0 Å². The third-order valence-corrected chi connectivity index (χ3v) is 4.13. The van der Waals surface area contributed by atoms with Crippen LogP contribution in [0.25, 0.3) is 0 Å². The van der Waals surface area contributed by atoms with Crippen molar-refractivity contribution in [1.82, 2.24) is 5.32 Å². The summed E-state index contributed by atoms with van der Waals surface area (Å²) in [5, 5.41) is 2.80. The van der Waals surface area contributed by atoms with Crippen LogP contribution in [0.5, 0.6) is 0 Å². The van der Waals surface area contributed by atoms with Crippen molar-refractivity contribution in [2.24, 2.45) is 0 Å². The van der Waals surface area contributed by atoms with Crippen molar-refractivity contribution in [2.75, 3.05) is 18.0 Å². The van der Waals surface area contributed by atoms with E-state index >= 15 is 0 Å². The molecule has 0 aliphatic heterocycles. The Hall–Kier alpha value is -2.69. The van der Waals surface area contributed by atoms with Crippen LogP contribution < -0.4 is 10.2 Å². The van der Waals surface area contributed by atoms with Gasteiger partial charge in [-0.2, -0.15) is 0 Å². The zero-order chi connectivity index (χ0) is 19.3. The maximum atomic E-state index is 13.4. The van der Waals surface area contributed by atoms with Crippen LogP contribution in [0.4, 0.5) is 10.1 Å². The van der Waals surface area contributed by atoms with Crippen LogP contribution in [0.3, 0.4) is 0 Å². The number of halogens is 1. The Balaban J connectivity index is 1.97. The lowest BCUT2D eigenvalue weighted by atomic mass is 9.87. The van der Waals surface area contributed by atoms with Crippen molar-refractivity contribution < 1.29 is 14.0 Å². The predicted molar refractivity (Wildman–Crippen MR) is 102 cm³/mol. The Morgan fingerprint density at radius 1 is 1.08 bits per heavy atom. The van der Waals surface area contributed by atoms with E-state index in [1.807, 2.05) is 12.1 Å². The lowest BCUT2D eigenvalue weighted by molar-refractivity contribution is -0.116. The molecule has 2 aromatic rings. The minimum Gasteiger partial charge on any atom is -0.350 e. The van der Waals surface area contributed by atoms with Crippen molar-refractivity contribution in [3.8, 4) is 0 Å². The molecule has 0 atom stereocenters. The molecular weight excluding hydrogens is 331 g/mol. The van der Waals surface area contributed by atoms with Crippen molar-refractivity contribution in [2.45, 2.75) is 33.1 Å². The molecule has 0 saturated heterocycles. The van der Waals surface area contributed by atoms with Crippen LogP contribution in [0, 0.1) is 5.82 Å². The van der Waals surface area contributed by atoms with Gasteiger partial charge in [0.1, 0.15) is 5.82 Å². The molecule has 0 saturated carbocycles. The summed E-state index contributed by atoms with van der Waals surface area (Å²) in [7, 11) is 0. The standard InChI is InChI=1S/C21H25FN2O2/c1-15(25)24(19-7-5-6-18(22)14-19)13-12-23-20(26)16-8-10-17(11-9-16)21(2,3)4/h5-11,14H,12-13H2,1-4H3,(H,23,26). The van der Waals surface area contributed by atoms with Gasteiger partial charge in [-0.25, -0.2) is 4.39 Å². The molecule has 2 rings (SSSR count). The summed E-state index contributed by atoms with van der Waals surface area (Å²) in [4.78, 5) is 25.5. The molecule has 2 aromatic carbocycles. The van der Waals surface area contributed by atoms with Crippen LogP contribution in [0.15, 0.2) is 48.5 Å². The summed E-state index contributed by atoms with van der Waals surface area (Å²) in [6.07, 6.45) is 0. The van der Waals surface area contributed by atoms with Crippen LogP contribution >= 0.6 is 0 Å². The first-order valence-electron chi connectivity index (χ1n) is 8.61. The van der Waals surface area contributed by atoms with Gasteiger partial charge in [0, 0.05) is 31.3 Å². The Kier molecular flexibility index (Phi) is 6.14. The SMILES string of the molecule is CC(=O)N(CCNC(=O)c1ccc(C(C)(C)C)cc1)c1cccc(F)c1. The fourth-order valence-electron chi connectivity index (χ4n) is 2.62. The number of rotatable bonds is 5. The van der Waals surface area contributed by atoms with E-state index in [9.17, 15) is 14.0 Å². The average Bonchev–Trinajstić information content (AvgIpc) is 2.57. The molecule has 0 aliphatic carbocycles. The van der Waals surface area contributed by atoms with Crippen molar-refractivity contribution in [1.29, 1.82) is 0 Å². The predicted octanol–water partition coefficient (Wildman–Crippen LogP) is 3.91. The summed E-state index contributed by atoms with van der Waals surface area (Å²) in [5.74, 6) is -0.815. The highest BCUT2D eigenvalue weighted by molar-refractivity contribution is 5.94. The fraction of sp³-hybridized carbons (Fsp3) is 0.333. The molecule has 0 fully saturated rings. The number of nitrogens with zero attached hydrogens (tertiary/aromatic N) is 1. The number of carbonyl (C=O) groups excluding carboxylic acids is 2. The molecule has 0 aliphatic rings. The van der Waals surface area contributed by atoms with Gasteiger partial charge in [0.25, 0.3) is 5.91 Å². The van der Waals surface area contributed by atoms with Gasteiger partial charge >= 0.3 is 0 Å². The van der Waals surface area contributed by atoms with Crippen molar-refractivity contribution >= 4 is 17.5 Å². The first-order valence-corrected chi connectivity index (χ1v) is 8.61. The van der Waals surface area contributed by atoms with Crippen LogP contribution in [0.2, 0.25) is 0 Å². The topological polar surface area (TPSA) is 49.4 Å². The highest BCUT2D eigenvalue weighted by Crippen LogP contribution is 2.22. The number of amides is 2. The van der Waals surface area contributed by atoms with Crippen LogP contribution in [0.1, 0.15) is 43.6 Å². The van der Waals surface area contributed by atoms with Gasteiger partial charge in [-0.3, -0.25) is 9.59 Å². The van der Waals surface area contributed by atoms with E-state index in [0.29, 0.717) is 11.3 Å². The second-order valence-electron chi connectivity index (χ2n) is 7.23. The fourth-order valence-corrected chi connectivity index (χ4v) is 2.62. The zero-order valence-electron chi connectivity index (χ0n) is 15.7. The van der Waals surface area contributed by atoms with Gasteiger partial charge in [-0.1, -0.05) is 39.0 Å². The maximum absolute atomic E-state index is 13.4. The summed E-state index contributed by atoms with van der Waals surface area (Å²) in [6.45, 7) is 8.30. The quantitative estimate of drug-likeness (QED) is 0.883. The largest absolute Gasteiger partial charge is 0.350 e. The average molecular weight is 356 g/mol. The third kappa shape index (κ3) is 5.15. The normalized spacial score (nSPS) is 11.1. The Bertz CT molecular complexity index is 779. The second kappa shape index (κ2) is 8.13. The van der Waals surface area contributed by atoms with E-state index in [1.54, 1.807) is 24.3 Å².